The first-order chi connectivity index (χ1) is 10.6. The van der Waals surface area contributed by atoms with Gasteiger partial charge in [-0.1, -0.05) is 42.5 Å². The highest BCUT2D eigenvalue weighted by molar-refractivity contribution is 6.00. The number of benzene rings is 2. The number of pyridine rings is 1. The molecule has 0 saturated heterocycles. The van der Waals surface area contributed by atoms with Crippen molar-refractivity contribution in [2.24, 2.45) is 0 Å². The van der Waals surface area contributed by atoms with Gasteiger partial charge in [-0.15, -0.1) is 0 Å². The van der Waals surface area contributed by atoms with Crippen LogP contribution >= 0.6 is 0 Å². The van der Waals surface area contributed by atoms with E-state index >= 15 is 0 Å². The maximum Gasteiger partial charge on any atom is 0.136 e. The van der Waals surface area contributed by atoms with Crippen molar-refractivity contribution in [2.75, 3.05) is 24.3 Å². The van der Waals surface area contributed by atoms with Crippen LogP contribution in [-0.4, -0.2) is 19.1 Å². The first kappa shape index (κ1) is 14.4. The summed E-state index contributed by atoms with van der Waals surface area (Å²) in [5.41, 5.74) is 3.46. The van der Waals surface area contributed by atoms with Gasteiger partial charge in [0.1, 0.15) is 5.82 Å². The number of hydrogen-bond donors (Lipinski definition) is 1. The van der Waals surface area contributed by atoms with E-state index in [2.05, 4.69) is 63.7 Å². The molecular formula is C19H21N3. The van der Waals surface area contributed by atoms with Gasteiger partial charge in [0.05, 0.1) is 0 Å². The number of rotatable bonds is 4. The molecule has 22 heavy (non-hydrogen) atoms. The highest BCUT2D eigenvalue weighted by Crippen LogP contribution is 2.30. The van der Waals surface area contributed by atoms with Crippen molar-refractivity contribution in [3.63, 3.8) is 0 Å². The fourth-order valence-electron chi connectivity index (χ4n) is 2.67. The second kappa shape index (κ2) is 6.06. The van der Waals surface area contributed by atoms with Crippen LogP contribution in [0.15, 0.2) is 54.6 Å². The number of aryl methyl sites for hydroxylation is 1. The Hall–Kier alpha value is -2.55. The minimum atomic E-state index is 0.818. The second-order valence-corrected chi connectivity index (χ2v) is 5.72. The molecule has 112 valence electrons. The average Bonchev–Trinajstić information content (AvgIpc) is 2.53. The molecule has 1 heterocycles. The maximum atomic E-state index is 4.66. The van der Waals surface area contributed by atoms with Crippen molar-refractivity contribution in [3.8, 4) is 0 Å². The van der Waals surface area contributed by atoms with Crippen molar-refractivity contribution >= 4 is 22.3 Å². The Bertz CT molecular complexity index is 779. The molecule has 0 radical (unpaired) electrons. The van der Waals surface area contributed by atoms with E-state index in [1.54, 1.807) is 0 Å². The lowest BCUT2D eigenvalue weighted by atomic mass is 10.1. The van der Waals surface area contributed by atoms with E-state index in [1.807, 2.05) is 27.1 Å². The monoisotopic (exact) mass is 291 g/mol. The van der Waals surface area contributed by atoms with Crippen molar-refractivity contribution < 1.29 is 0 Å². The van der Waals surface area contributed by atoms with Crippen LogP contribution in [0.4, 0.5) is 11.5 Å². The van der Waals surface area contributed by atoms with E-state index in [-0.39, 0.29) is 0 Å². The third-order valence-electron chi connectivity index (χ3n) is 3.73. The summed E-state index contributed by atoms with van der Waals surface area (Å²) in [6, 6.07) is 18.9. The molecule has 0 bridgehead atoms. The van der Waals surface area contributed by atoms with Crippen molar-refractivity contribution in [2.45, 2.75) is 13.5 Å². The lowest BCUT2D eigenvalue weighted by Crippen LogP contribution is -2.12. The van der Waals surface area contributed by atoms with Gasteiger partial charge in [0, 0.05) is 42.8 Å². The fourth-order valence-corrected chi connectivity index (χ4v) is 2.67. The zero-order valence-corrected chi connectivity index (χ0v) is 13.3. The van der Waals surface area contributed by atoms with Crippen LogP contribution in [0.3, 0.4) is 0 Å². The van der Waals surface area contributed by atoms with Gasteiger partial charge in [0.25, 0.3) is 0 Å². The highest BCUT2D eigenvalue weighted by Gasteiger charge is 2.09. The Kier molecular flexibility index (Phi) is 3.96. The fraction of sp³-hybridized carbons (Fsp3) is 0.211. The van der Waals surface area contributed by atoms with Crippen molar-refractivity contribution in [1.29, 1.82) is 0 Å². The molecule has 0 unspecified atom stereocenters. The summed E-state index contributed by atoms with van der Waals surface area (Å²) in [5.74, 6) is 1.01. The van der Waals surface area contributed by atoms with Crippen LogP contribution in [0.5, 0.6) is 0 Å². The van der Waals surface area contributed by atoms with Crippen LogP contribution < -0.4 is 10.2 Å². The van der Waals surface area contributed by atoms with Gasteiger partial charge < -0.3 is 10.2 Å². The minimum Gasteiger partial charge on any atom is -0.380 e. The molecule has 0 aliphatic carbocycles. The normalized spacial score (nSPS) is 10.7. The summed E-state index contributed by atoms with van der Waals surface area (Å²) in [7, 11) is 4.07. The molecule has 0 atom stereocenters. The van der Waals surface area contributed by atoms with Gasteiger partial charge in [-0.3, -0.25) is 0 Å². The molecular weight excluding hydrogens is 270 g/mol. The maximum absolute atomic E-state index is 4.66. The summed E-state index contributed by atoms with van der Waals surface area (Å²) in [6.45, 7) is 2.86. The molecule has 2 aromatic carbocycles. The number of anilines is 2. The first-order valence-electron chi connectivity index (χ1n) is 7.50. The molecule has 3 nitrogen and oxygen atoms in total. The molecule has 3 rings (SSSR count). The van der Waals surface area contributed by atoms with E-state index in [4.69, 9.17) is 0 Å². The first-order valence-corrected chi connectivity index (χ1v) is 7.50. The van der Waals surface area contributed by atoms with Crippen molar-refractivity contribution in [3.05, 3.63) is 65.9 Å². The lowest BCUT2D eigenvalue weighted by Gasteiger charge is -2.17. The zero-order valence-electron chi connectivity index (χ0n) is 13.3. The summed E-state index contributed by atoms with van der Waals surface area (Å²) in [6.07, 6.45) is 0. The smallest absolute Gasteiger partial charge is 0.136 e. The largest absolute Gasteiger partial charge is 0.380 e. The Balaban J connectivity index is 1.99. The van der Waals surface area contributed by atoms with Crippen LogP contribution in [0.1, 0.15) is 11.3 Å². The van der Waals surface area contributed by atoms with E-state index in [9.17, 15) is 0 Å². The minimum absolute atomic E-state index is 0.818. The molecule has 0 aliphatic rings. The van der Waals surface area contributed by atoms with Gasteiger partial charge in [-0.05, 0) is 24.6 Å². The van der Waals surface area contributed by atoms with E-state index in [0.717, 1.165) is 23.7 Å². The number of hydrogen-bond acceptors (Lipinski definition) is 3. The molecule has 1 aromatic heterocycles. The zero-order chi connectivity index (χ0) is 15.5. The molecule has 0 saturated carbocycles. The van der Waals surface area contributed by atoms with Crippen LogP contribution in [0.25, 0.3) is 10.8 Å². The molecule has 0 spiro atoms. The average molecular weight is 291 g/mol. The van der Waals surface area contributed by atoms with E-state index in [1.165, 1.54) is 16.3 Å². The standard InChI is InChI=1S/C19H21N3/c1-14-12-17-16(19(21-14)22(2)3)10-7-11-18(17)20-13-15-8-5-4-6-9-15/h4-12,20H,13H2,1-3H3. The molecule has 1 N–H and O–H groups in total. The van der Waals surface area contributed by atoms with Crippen LogP contribution in [-0.2, 0) is 6.54 Å². The number of nitrogens with zero attached hydrogens (tertiary/aromatic N) is 2. The van der Waals surface area contributed by atoms with Gasteiger partial charge in [0.2, 0.25) is 0 Å². The highest BCUT2D eigenvalue weighted by atomic mass is 15.1. The van der Waals surface area contributed by atoms with Gasteiger partial charge in [-0.25, -0.2) is 4.98 Å². The Labute approximate surface area is 131 Å². The second-order valence-electron chi connectivity index (χ2n) is 5.72. The lowest BCUT2D eigenvalue weighted by molar-refractivity contribution is 1.06. The summed E-state index contributed by atoms with van der Waals surface area (Å²) < 4.78 is 0. The topological polar surface area (TPSA) is 28.2 Å². The Morgan fingerprint density at radius 2 is 1.73 bits per heavy atom. The van der Waals surface area contributed by atoms with E-state index < -0.39 is 0 Å². The van der Waals surface area contributed by atoms with E-state index in [0.29, 0.717) is 0 Å². The molecule has 3 heteroatoms. The van der Waals surface area contributed by atoms with Crippen LogP contribution in [0, 0.1) is 6.92 Å². The van der Waals surface area contributed by atoms with Gasteiger partial charge in [0.15, 0.2) is 0 Å². The third kappa shape index (κ3) is 2.89. The summed E-state index contributed by atoms with van der Waals surface area (Å²) in [5, 5.41) is 5.94. The third-order valence-corrected chi connectivity index (χ3v) is 3.73. The predicted molar refractivity (Wildman–Crippen MR) is 94.6 cm³/mol. The van der Waals surface area contributed by atoms with Crippen molar-refractivity contribution in [1.82, 2.24) is 4.98 Å². The number of nitrogens with one attached hydrogen (secondary N) is 1. The summed E-state index contributed by atoms with van der Waals surface area (Å²) >= 11 is 0. The number of aromatic nitrogens is 1. The Morgan fingerprint density at radius 1 is 0.955 bits per heavy atom. The molecule has 0 fully saturated rings. The van der Waals surface area contributed by atoms with Crippen LogP contribution in [0.2, 0.25) is 0 Å². The quantitative estimate of drug-likeness (QED) is 0.780. The molecule has 0 aliphatic heterocycles. The molecule has 3 aromatic rings. The number of fused-ring (bicyclic) bond motifs is 1. The molecule has 0 amide bonds. The Morgan fingerprint density at radius 3 is 2.45 bits per heavy atom. The predicted octanol–water partition coefficient (Wildman–Crippen LogP) is 4.22. The van der Waals surface area contributed by atoms with Gasteiger partial charge in [-0.2, -0.15) is 0 Å². The SMILES string of the molecule is Cc1cc2c(NCc3ccccc3)cccc2c(N(C)C)n1. The van der Waals surface area contributed by atoms with Gasteiger partial charge >= 0.3 is 0 Å². The summed E-state index contributed by atoms with van der Waals surface area (Å²) in [4.78, 5) is 6.72.